The van der Waals surface area contributed by atoms with Gasteiger partial charge in [-0.15, -0.1) is 11.8 Å². The zero-order chi connectivity index (χ0) is 6.97. The maximum Gasteiger partial charge on any atom is 0.0372 e. The minimum Gasteiger partial charge on any atom is -0.170 e. The van der Waals surface area contributed by atoms with E-state index in [1.165, 1.54) is 10.5 Å². The molecule has 0 amide bonds. The lowest BCUT2D eigenvalue weighted by Gasteiger charge is -1.99. The molecule has 1 heterocycles. The number of hydrogen-bond acceptors (Lipinski definition) is 2. The third-order valence-electron chi connectivity index (χ3n) is 1.67. The standard InChI is InChI=1S/C8H8S2/c9-7-5-10-8-4-2-1-3-6(7)8/h1-4,7,9H,5H2. The van der Waals surface area contributed by atoms with Gasteiger partial charge in [-0.05, 0) is 11.6 Å². The Balaban J connectivity index is 2.51. The van der Waals surface area contributed by atoms with Crippen molar-refractivity contribution in [2.75, 3.05) is 5.75 Å². The highest BCUT2D eigenvalue weighted by molar-refractivity contribution is 8.00. The summed E-state index contributed by atoms with van der Waals surface area (Å²) in [7, 11) is 0. The Kier molecular flexibility index (Phi) is 1.66. The van der Waals surface area contributed by atoms with E-state index in [-0.39, 0.29) is 0 Å². The molecule has 0 nitrogen and oxygen atoms in total. The highest BCUT2D eigenvalue weighted by Gasteiger charge is 2.18. The van der Waals surface area contributed by atoms with Crippen LogP contribution in [-0.2, 0) is 0 Å². The van der Waals surface area contributed by atoms with E-state index in [1.807, 2.05) is 11.8 Å². The van der Waals surface area contributed by atoms with E-state index in [1.54, 1.807) is 0 Å². The summed E-state index contributed by atoms with van der Waals surface area (Å²) in [6.45, 7) is 0. The van der Waals surface area contributed by atoms with Gasteiger partial charge in [0.25, 0.3) is 0 Å². The fourth-order valence-corrected chi connectivity index (χ4v) is 2.75. The van der Waals surface area contributed by atoms with Gasteiger partial charge in [-0.3, -0.25) is 0 Å². The zero-order valence-electron chi connectivity index (χ0n) is 5.45. The van der Waals surface area contributed by atoms with Crippen molar-refractivity contribution in [3.8, 4) is 0 Å². The van der Waals surface area contributed by atoms with E-state index in [0.29, 0.717) is 5.25 Å². The Morgan fingerprint density at radius 2 is 2.20 bits per heavy atom. The van der Waals surface area contributed by atoms with Crippen LogP contribution >= 0.6 is 24.4 Å². The summed E-state index contributed by atoms with van der Waals surface area (Å²) < 4.78 is 0. The largest absolute Gasteiger partial charge is 0.170 e. The molecule has 52 valence electrons. The van der Waals surface area contributed by atoms with Gasteiger partial charge in [0.1, 0.15) is 0 Å². The first-order valence-electron chi connectivity index (χ1n) is 3.28. The Morgan fingerprint density at radius 3 is 3.00 bits per heavy atom. The molecule has 0 fully saturated rings. The summed E-state index contributed by atoms with van der Waals surface area (Å²) in [4.78, 5) is 1.41. The monoisotopic (exact) mass is 168 g/mol. The van der Waals surface area contributed by atoms with Gasteiger partial charge in [-0.25, -0.2) is 0 Å². The molecule has 1 atom stereocenters. The fraction of sp³-hybridized carbons (Fsp3) is 0.250. The average molecular weight is 168 g/mol. The Morgan fingerprint density at radius 1 is 1.40 bits per heavy atom. The Hall–Kier alpha value is -0.0800. The van der Waals surface area contributed by atoms with Crippen LogP contribution in [0.15, 0.2) is 29.2 Å². The summed E-state index contributed by atoms with van der Waals surface area (Å²) in [6, 6.07) is 8.48. The quantitative estimate of drug-likeness (QED) is 0.581. The van der Waals surface area contributed by atoms with Crippen molar-refractivity contribution >= 4 is 24.4 Å². The summed E-state index contributed by atoms with van der Waals surface area (Å²) in [6.07, 6.45) is 0. The fourth-order valence-electron chi connectivity index (χ4n) is 1.15. The molecule has 1 aromatic carbocycles. The molecule has 1 unspecified atom stereocenters. The van der Waals surface area contributed by atoms with Crippen LogP contribution in [-0.4, -0.2) is 5.75 Å². The van der Waals surface area contributed by atoms with Gasteiger partial charge in [-0.1, -0.05) is 18.2 Å². The molecule has 0 aromatic heterocycles. The molecule has 1 aliphatic heterocycles. The Bertz CT molecular complexity index is 245. The van der Waals surface area contributed by atoms with Crippen LogP contribution in [0.4, 0.5) is 0 Å². The summed E-state index contributed by atoms with van der Waals surface area (Å²) >= 11 is 6.35. The smallest absolute Gasteiger partial charge is 0.0372 e. The normalized spacial score (nSPS) is 22.7. The van der Waals surface area contributed by atoms with Crippen LogP contribution in [0.3, 0.4) is 0 Å². The predicted molar refractivity (Wildman–Crippen MR) is 48.9 cm³/mol. The van der Waals surface area contributed by atoms with Gasteiger partial charge in [0.2, 0.25) is 0 Å². The van der Waals surface area contributed by atoms with Crippen molar-refractivity contribution in [3.63, 3.8) is 0 Å². The lowest BCUT2D eigenvalue weighted by atomic mass is 10.2. The summed E-state index contributed by atoms with van der Waals surface area (Å²) in [5.74, 6) is 1.13. The minimum absolute atomic E-state index is 0.459. The van der Waals surface area contributed by atoms with Gasteiger partial charge in [-0.2, -0.15) is 12.6 Å². The van der Waals surface area contributed by atoms with Crippen LogP contribution < -0.4 is 0 Å². The van der Waals surface area contributed by atoms with Gasteiger partial charge in [0.05, 0.1) is 0 Å². The molecule has 10 heavy (non-hydrogen) atoms. The molecule has 0 saturated carbocycles. The number of benzene rings is 1. The molecule has 0 N–H and O–H groups in total. The number of rotatable bonds is 0. The number of hydrogen-bond donors (Lipinski definition) is 1. The topological polar surface area (TPSA) is 0 Å². The van der Waals surface area contributed by atoms with Crippen molar-refractivity contribution in [2.45, 2.75) is 10.1 Å². The second-order valence-corrected chi connectivity index (χ2v) is 4.05. The molecule has 0 bridgehead atoms. The Labute approximate surface area is 70.4 Å². The number of thiol groups is 1. The molecule has 1 aromatic rings. The maximum atomic E-state index is 4.45. The molecule has 1 aliphatic rings. The zero-order valence-corrected chi connectivity index (χ0v) is 7.16. The average Bonchev–Trinajstić information content (AvgIpc) is 2.34. The van der Waals surface area contributed by atoms with E-state index in [2.05, 4.69) is 36.9 Å². The van der Waals surface area contributed by atoms with Crippen LogP contribution in [0.1, 0.15) is 10.8 Å². The van der Waals surface area contributed by atoms with E-state index >= 15 is 0 Å². The molecule has 2 rings (SSSR count). The van der Waals surface area contributed by atoms with Crippen molar-refractivity contribution in [3.05, 3.63) is 29.8 Å². The maximum absolute atomic E-state index is 4.45. The summed E-state index contributed by atoms with van der Waals surface area (Å²) in [5.41, 5.74) is 1.40. The van der Waals surface area contributed by atoms with Gasteiger partial charge in [0.15, 0.2) is 0 Å². The van der Waals surface area contributed by atoms with E-state index in [0.717, 1.165) is 5.75 Å². The molecule has 0 saturated heterocycles. The third-order valence-corrected chi connectivity index (χ3v) is 3.57. The van der Waals surface area contributed by atoms with E-state index < -0.39 is 0 Å². The minimum atomic E-state index is 0.459. The van der Waals surface area contributed by atoms with Crippen molar-refractivity contribution in [1.82, 2.24) is 0 Å². The highest BCUT2D eigenvalue weighted by Crippen LogP contribution is 2.40. The first-order valence-corrected chi connectivity index (χ1v) is 4.78. The van der Waals surface area contributed by atoms with E-state index in [4.69, 9.17) is 0 Å². The number of fused-ring (bicyclic) bond motifs is 1. The first kappa shape index (κ1) is 6.62. The molecule has 0 aliphatic carbocycles. The molecule has 0 spiro atoms. The molecular formula is C8H8S2. The van der Waals surface area contributed by atoms with Crippen LogP contribution in [0.2, 0.25) is 0 Å². The third kappa shape index (κ3) is 0.956. The predicted octanol–water partition coefficient (Wildman–Crippen LogP) is 2.76. The number of thioether (sulfide) groups is 1. The molecule has 2 heteroatoms. The molecular weight excluding hydrogens is 160 g/mol. The van der Waals surface area contributed by atoms with Crippen molar-refractivity contribution in [2.24, 2.45) is 0 Å². The van der Waals surface area contributed by atoms with Crippen LogP contribution in [0.5, 0.6) is 0 Å². The van der Waals surface area contributed by atoms with Crippen molar-refractivity contribution in [1.29, 1.82) is 0 Å². The van der Waals surface area contributed by atoms with Gasteiger partial charge >= 0.3 is 0 Å². The van der Waals surface area contributed by atoms with Crippen molar-refractivity contribution < 1.29 is 0 Å². The lowest BCUT2D eigenvalue weighted by Crippen LogP contribution is -1.83. The second kappa shape index (κ2) is 2.51. The van der Waals surface area contributed by atoms with Gasteiger partial charge in [0, 0.05) is 15.9 Å². The lowest BCUT2D eigenvalue weighted by molar-refractivity contribution is 1.12. The van der Waals surface area contributed by atoms with Crippen LogP contribution in [0, 0.1) is 0 Å². The summed E-state index contributed by atoms with van der Waals surface area (Å²) in [5, 5.41) is 0.459. The highest BCUT2D eigenvalue weighted by atomic mass is 32.2. The first-order chi connectivity index (χ1) is 4.88. The van der Waals surface area contributed by atoms with Gasteiger partial charge < -0.3 is 0 Å². The van der Waals surface area contributed by atoms with E-state index in [9.17, 15) is 0 Å². The van der Waals surface area contributed by atoms with Crippen LogP contribution in [0.25, 0.3) is 0 Å². The molecule has 0 radical (unpaired) electrons. The SMILES string of the molecule is SC1CSc2ccccc21. The second-order valence-electron chi connectivity index (χ2n) is 2.36.